The molecule has 20 heteroatoms. The van der Waals surface area contributed by atoms with Crippen molar-refractivity contribution >= 4 is 26.2 Å². The Labute approximate surface area is 224 Å². The predicted octanol–water partition coefficient (Wildman–Crippen LogP) is 8.70. The summed E-state index contributed by atoms with van der Waals surface area (Å²) in [6.07, 6.45) is -7.85. The molecule has 0 aliphatic carbocycles. The summed E-state index contributed by atoms with van der Waals surface area (Å²) in [4.78, 5) is 12.0. The molecule has 2 nitrogen and oxygen atoms in total. The van der Waals surface area contributed by atoms with Gasteiger partial charge in [0.05, 0.1) is 0 Å². The third-order valence-corrected chi connectivity index (χ3v) is 9.53. The number of alkyl halides is 17. The van der Waals surface area contributed by atoms with Crippen molar-refractivity contribution in [3.63, 3.8) is 0 Å². The molecule has 0 saturated carbocycles. The Morgan fingerprint density at radius 3 is 1.07 bits per heavy atom. The van der Waals surface area contributed by atoms with Crippen molar-refractivity contribution in [2.45, 2.75) is 47.6 Å². The Balaban J connectivity index is 2.58. The quantitative estimate of drug-likeness (QED) is 0.180. The van der Waals surface area contributed by atoms with Crippen molar-refractivity contribution in [1.29, 1.82) is 0 Å². The third-order valence-electron chi connectivity index (χ3n) is 4.99. The average Bonchev–Trinajstić information content (AvgIpc) is 2.86. The molecule has 41 heavy (non-hydrogen) atoms. The van der Waals surface area contributed by atoms with Gasteiger partial charge in [-0.25, -0.2) is 0 Å². The number of carbonyl (C=O) groups excluding carboxylic acids is 1. The van der Waals surface area contributed by atoms with E-state index >= 15 is 0 Å². The van der Waals surface area contributed by atoms with Crippen molar-refractivity contribution < 1.29 is 82.5 Å². The molecule has 2 aromatic carbocycles. The first-order valence-electron chi connectivity index (χ1n) is 9.97. The summed E-state index contributed by atoms with van der Waals surface area (Å²) in [6.45, 7) is 0. The summed E-state index contributed by atoms with van der Waals surface area (Å²) in [7, 11) is 0. The normalized spacial score (nSPS) is 15.0. The summed E-state index contributed by atoms with van der Waals surface area (Å²) in [5.74, 6) is -62.2. The summed E-state index contributed by atoms with van der Waals surface area (Å²) in [5.41, 5.74) is 0. The van der Waals surface area contributed by atoms with Gasteiger partial charge in [-0.1, -0.05) is 0 Å². The number of benzene rings is 2. The van der Waals surface area contributed by atoms with Crippen LogP contribution in [-0.2, 0) is 7.86 Å². The van der Waals surface area contributed by atoms with Crippen LogP contribution in [0.1, 0.15) is 0 Å². The number of carbonyl (C=O) groups is 1. The zero-order chi connectivity index (χ0) is 32.1. The summed E-state index contributed by atoms with van der Waals surface area (Å²) in [6, 6.07) is 11.6. The van der Waals surface area contributed by atoms with E-state index in [2.05, 4.69) is 3.07 Å². The molecule has 0 radical (unpaired) electrons. The molecule has 0 saturated heterocycles. The van der Waals surface area contributed by atoms with Crippen LogP contribution in [0.5, 0.6) is 0 Å². The van der Waals surface area contributed by atoms with E-state index in [9.17, 15) is 79.4 Å². The van der Waals surface area contributed by atoms with Gasteiger partial charge in [0.1, 0.15) is 0 Å². The molecule has 0 atom stereocenters. The Morgan fingerprint density at radius 2 is 0.756 bits per heavy atom. The van der Waals surface area contributed by atoms with Crippen LogP contribution < -0.4 is 0 Å². The fourth-order valence-corrected chi connectivity index (χ4v) is 6.72. The third kappa shape index (κ3) is 5.28. The van der Waals surface area contributed by atoms with Gasteiger partial charge in [0.25, 0.3) is 0 Å². The van der Waals surface area contributed by atoms with E-state index < -0.39 is 73.8 Å². The molecule has 232 valence electrons. The van der Waals surface area contributed by atoms with Crippen LogP contribution in [0, 0.1) is 7.14 Å². The molecular formula is C21H10F17IO2. The minimum atomic E-state index is -8.78. The van der Waals surface area contributed by atoms with Gasteiger partial charge in [-0.05, 0) is 0 Å². The SMILES string of the molecule is O=C(OI(c1ccccc1)c1ccccc1)C(F)(F)C(F)(F)C(F)(F)C(F)(F)C(F)(F)C(F)(F)C(F)(F)C(F)(F)F. The predicted molar refractivity (Wildman–Crippen MR) is 111 cm³/mol. The Morgan fingerprint density at radius 1 is 0.463 bits per heavy atom. The van der Waals surface area contributed by atoms with Gasteiger partial charge < -0.3 is 0 Å². The van der Waals surface area contributed by atoms with Gasteiger partial charge in [0, 0.05) is 0 Å². The first kappa shape index (κ1) is 34.7. The van der Waals surface area contributed by atoms with Gasteiger partial charge in [0.2, 0.25) is 0 Å². The van der Waals surface area contributed by atoms with Gasteiger partial charge >= 0.3 is 224 Å². The van der Waals surface area contributed by atoms with Gasteiger partial charge in [-0.15, -0.1) is 0 Å². The molecule has 0 spiro atoms. The van der Waals surface area contributed by atoms with E-state index in [1.165, 1.54) is 36.4 Å². The number of hydrogen-bond acceptors (Lipinski definition) is 2. The van der Waals surface area contributed by atoms with Crippen LogP contribution in [0.15, 0.2) is 60.7 Å². The van der Waals surface area contributed by atoms with Crippen molar-refractivity contribution in [2.75, 3.05) is 0 Å². The number of hydrogen-bond donors (Lipinski definition) is 0. The Kier molecular flexibility index (Phi) is 8.97. The van der Waals surface area contributed by atoms with Crippen molar-refractivity contribution in [3.05, 3.63) is 67.8 Å². The molecule has 0 N–H and O–H groups in total. The molecule has 0 aliphatic heterocycles. The molecular weight excluding hydrogens is 734 g/mol. The first-order valence-corrected chi connectivity index (χ1v) is 13.0. The minimum absolute atomic E-state index is 0.187. The molecule has 0 bridgehead atoms. The second kappa shape index (κ2) is 10.6. The van der Waals surface area contributed by atoms with Crippen LogP contribution in [0.2, 0.25) is 0 Å². The molecule has 0 heterocycles. The molecule has 2 rings (SSSR count). The molecule has 0 aliphatic rings. The second-order valence-corrected chi connectivity index (χ2v) is 12.1. The molecule has 2 aromatic rings. The van der Waals surface area contributed by atoms with Gasteiger partial charge in [-0.3, -0.25) is 0 Å². The molecule has 0 unspecified atom stereocenters. The number of halogens is 18. The Bertz CT molecular complexity index is 1170. The Hall–Kier alpha value is -2.55. The topological polar surface area (TPSA) is 26.3 Å². The molecule has 0 amide bonds. The van der Waals surface area contributed by atoms with Crippen LogP contribution in [-0.4, -0.2) is 53.6 Å². The summed E-state index contributed by atoms with van der Waals surface area (Å²) >= 11 is -4.19. The van der Waals surface area contributed by atoms with Crippen molar-refractivity contribution in [1.82, 2.24) is 0 Å². The van der Waals surface area contributed by atoms with E-state index in [-0.39, 0.29) is 7.14 Å². The van der Waals surface area contributed by atoms with Crippen LogP contribution in [0.25, 0.3) is 0 Å². The van der Waals surface area contributed by atoms with E-state index in [1.807, 2.05) is 0 Å². The maximum absolute atomic E-state index is 14.3. The number of rotatable bonds is 10. The van der Waals surface area contributed by atoms with Crippen LogP contribution in [0.3, 0.4) is 0 Å². The van der Waals surface area contributed by atoms with Crippen LogP contribution >= 0.6 is 20.2 Å². The van der Waals surface area contributed by atoms with E-state index in [0.717, 1.165) is 24.3 Å². The standard InChI is InChI=1S/C21H10F17IO2/c22-14(23,13(40)41-39(11-7-3-1-4-8-11)12-9-5-2-6-10-12)15(24,25)16(26,27)17(28,29)18(30,31)19(32,33)20(34,35)21(36,37)38/h1-10H. The van der Waals surface area contributed by atoms with Crippen molar-refractivity contribution in [3.8, 4) is 0 Å². The maximum atomic E-state index is 14.3. The fraction of sp³-hybridized carbons (Fsp3) is 0.381. The average molecular weight is 744 g/mol. The monoisotopic (exact) mass is 744 g/mol. The van der Waals surface area contributed by atoms with Crippen molar-refractivity contribution in [2.24, 2.45) is 0 Å². The zero-order valence-corrected chi connectivity index (χ0v) is 21.1. The van der Waals surface area contributed by atoms with E-state index in [0.29, 0.717) is 0 Å². The zero-order valence-electron chi connectivity index (χ0n) is 18.9. The fourth-order valence-electron chi connectivity index (χ4n) is 2.68. The second-order valence-electron chi connectivity index (χ2n) is 7.72. The van der Waals surface area contributed by atoms with Crippen LogP contribution in [0.4, 0.5) is 74.6 Å². The first-order chi connectivity index (χ1) is 18.2. The summed E-state index contributed by atoms with van der Waals surface area (Å²) < 4.78 is 233. The van der Waals surface area contributed by atoms with E-state index in [1.54, 1.807) is 0 Å². The van der Waals surface area contributed by atoms with Gasteiger partial charge in [-0.2, -0.15) is 0 Å². The molecule has 0 fully saturated rings. The van der Waals surface area contributed by atoms with E-state index in [4.69, 9.17) is 0 Å². The summed E-state index contributed by atoms with van der Waals surface area (Å²) in [5, 5.41) is 0. The molecule has 0 aromatic heterocycles. The van der Waals surface area contributed by atoms with Gasteiger partial charge in [0.15, 0.2) is 0 Å².